The zero-order chi connectivity index (χ0) is 12.7. The van der Waals surface area contributed by atoms with Crippen LogP contribution < -0.4 is 10.1 Å². The molecule has 5 heteroatoms. The molecule has 0 amide bonds. The molecule has 1 N–H and O–H groups in total. The maximum Gasteiger partial charge on any atom is 0.226 e. The third kappa shape index (κ3) is 5.49. The molecule has 0 aromatic carbocycles. The van der Waals surface area contributed by atoms with Gasteiger partial charge in [0.05, 0.1) is 12.7 Å². The number of nitrogens with zero attached hydrogens (tertiary/aromatic N) is 2. The van der Waals surface area contributed by atoms with Crippen LogP contribution in [0.25, 0.3) is 0 Å². The molecule has 1 aromatic rings. The molecule has 0 aliphatic heterocycles. The van der Waals surface area contributed by atoms with Crippen LogP contribution in [0.1, 0.15) is 26.5 Å². The first-order valence-corrected chi connectivity index (χ1v) is 5.95. The zero-order valence-corrected chi connectivity index (χ0v) is 11.0. The van der Waals surface area contributed by atoms with Gasteiger partial charge in [0, 0.05) is 24.9 Å². The van der Waals surface area contributed by atoms with Crippen LogP contribution >= 0.6 is 0 Å². The van der Waals surface area contributed by atoms with Crippen molar-refractivity contribution in [2.24, 2.45) is 0 Å². The van der Waals surface area contributed by atoms with Gasteiger partial charge in [-0.2, -0.15) is 4.98 Å². The van der Waals surface area contributed by atoms with Crippen molar-refractivity contribution in [2.75, 3.05) is 25.1 Å². The lowest BCUT2D eigenvalue weighted by atomic mass is 10.4. The lowest BCUT2D eigenvalue weighted by molar-refractivity contribution is 0.158. The molecule has 17 heavy (non-hydrogen) atoms. The second-order valence-electron chi connectivity index (χ2n) is 3.96. The molecule has 1 heterocycles. The van der Waals surface area contributed by atoms with E-state index in [1.807, 2.05) is 33.8 Å². The first-order chi connectivity index (χ1) is 8.11. The van der Waals surface area contributed by atoms with Gasteiger partial charge >= 0.3 is 0 Å². The molecule has 1 rings (SSSR count). The van der Waals surface area contributed by atoms with Gasteiger partial charge in [0.25, 0.3) is 0 Å². The molecule has 0 aliphatic carbocycles. The first kappa shape index (κ1) is 13.7. The Labute approximate surface area is 103 Å². The fourth-order valence-electron chi connectivity index (χ4n) is 1.30. The highest BCUT2D eigenvalue weighted by Crippen LogP contribution is 2.13. The number of hydrogen-bond donors (Lipinski definition) is 1. The lowest BCUT2D eigenvalue weighted by Crippen LogP contribution is -2.13. The average Bonchev–Trinajstić information content (AvgIpc) is 2.22. The molecule has 0 radical (unpaired) electrons. The minimum Gasteiger partial charge on any atom is -0.475 e. The van der Waals surface area contributed by atoms with Gasteiger partial charge in [-0.3, -0.25) is 0 Å². The third-order valence-corrected chi connectivity index (χ3v) is 1.92. The molecule has 1 aromatic heterocycles. The van der Waals surface area contributed by atoms with Crippen LogP contribution in [-0.4, -0.2) is 35.8 Å². The average molecular weight is 239 g/mol. The topological polar surface area (TPSA) is 56.3 Å². The van der Waals surface area contributed by atoms with Gasteiger partial charge in [0.1, 0.15) is 0 Å². The minimum absolute atomic E-state index is 0.112. The summed E-state index contributed by atoms with van der Waals surface area (Å²) in [6.07, 6.45) is 0.112. The maximum absolute atomic E-state index is 5.54. The summed E-state index contributed by atoms with van der Waals surface area (Å²) < 4.78 is 10.8. The summed E-state index contributed by atoms with van der Waals surface area (Å²) in [6, 6.07) is 1.83. The quantitative estimate of drug-likeness (QED) is 0.738. The zero-order valence-electron chi connectivity index (χ0n) is 11.0. The second-order valence-corrected chi connectivity index (χ2v) is 3.96. The van der Waals surface area contributed by atoms with E-state index in [4.69, 9.17) is 9.47 Å². The number of rotatable bonds is 7. The number of aromatic nitrogens is 2. The monoisotopic (exact) mass is 239 g/mol. The Morgan fingerprint density at radius 1 is 1.35 bits per heavy atom. The fourth-order valence-corrected chi connectivity index (χ4v) is 1.30. The minimum atomic E-state index is 0.112. The van der Waals surface area contributed by atoms with E-state index in [0.29, 0.717) is 25.0 Å². The predicted octanol–water partition coefficient (Wildman–Crippen LogP) is 2.02. The Morgan fingerprint density at radius 3 is 2.76 bits per heavy atom. The summed E-state index contributed by atoms with van der Waals surface area (Å²) in [6.45, 7) is 9.89. The van der Waals surface area contributed by atoms with Crippen molar-refractivity contribution >= 4 is 5.95 Å². The Kier molecular flexibility index (Phi) is 5.69. The highest BCUT2D eigenvalue weighted by atomic mass is 16.5. The maximum atomic E-state index is 5.54. The predicted molar refractivity (Wildman–Crippen MR) is 67.5 cm³/mol. The molecule has 0 saturated heterocycles. The highest BCUT2D eigenvalue weighted by Gasteiger charge is 2.04. The number of aryl methyl sites for hydroxylation is 1. The number of hydrogen-bond acceptors (Lipinski definition) is 5. The van der Waals surface area contributed by atoms with Crippen molar-refractivity contribution in [2.45, 2.75) is 33.8 Å². The van der Waals surface area contributed by atoms with E-state index in [9.17, 15) is 0 Å². The SMILES string of the molecule is CCOCCNc1nc(C)cc(OC(C)C)n1. The van der Waals surface area contributed by atoms with Gasteiger partial charge < -0.3 is 14.8 Å². The Bertz CT molecular complexity index is 343. The molecular formula is C12H21N3O2. The second kappa shape index (κ2) is 7.06. The van der Waals surface area contributed by atoms with Crippen LogP contribution in [0, 0.1) is 6.92 Å². The Morgan fingerprint density at radius 2 is 2.12 bits per heavy atom. The van der Waals surface area contributed by atoms with Crippen molar-refractivity contribution in [3.8, 4) is 5.88 Å². The van der Waals surface area contributed by atoms with Gasteiger partial charge in [-0.05, 0) is 27.7 Å². The third-order valence-electron chi connectivity index (χ3n) is 1.92. The van der Waals surface area contributed by atoms with E-state index in [1.165, 1.54) is 0 Å². The van der Waals surface area contributed by atoms with Gasteiger partial charge in [-0.25, -0.2) is 4.98 Å². The van der Waals surface area contributed by atoms with Crippen molar-refractivity contribution in [3.05, 3.63) is 11.8 Å². The molecule has 0 aliphatic rings. The normalized spacial score (nSPS) is 10.6. The molecule has 0 spiro atoms. The molecule has 0 unspecified atom stereocenters. The molecule has 96 valence electrons. The van der Waals surface area contributed by atoms with E-state index >= 15 is 0 Å². The molecule has 5 nitrogen and oxygen atoms in total. The van der Waals surface area contributed by atoms with Crippen LogP contribution in [0.3, 0.4) is 0 Å². The lowest BCUT2D eigenvalue weighted by Gasteiger charge is -2.11. The summed E-state index contributed by atoms with van der Waals surface area (Å²) in [4.78, 5) is 8.55. The van der Waals surface area contributed by atoms with Gasteiger partial charge in [-0.1, -0.05) is 0 Å². The summed E-state index contributed by atoms with van der Waals surface area (Å²) >= 11 is 0. The summed E-state index contributed by atoms with van der Waals surface area (Å²) in [7, 11) is 0. The van der Waals surface area contributed by atoms with E-state index in [1.54, 1.807) is 0 Å². The van der Waals surface area contributed by atoms with Crippen LogP contribution in [0.4, 0.5) is 5.95 Å². The van der Waals surface area contributed by atoms with Crippen molar-refractivity contribution in [1.82, 2.24) is 9.97 Å². The smallest absolute Gasteiger partial charge is 0.226 e. The van der Waals surface area contributed by atoms with Gasteiger partial charge in [-0.15, -0.1) is 0 Å². The van der Waals surface area contributed by atoms with Crippen LogP contribution in [-0.2, 0) is 4.74 Å². The molecule has 0 fully saturated rings. The molecule has 0 atom stereocenters. The van der Waals surface area contributed by atoms with Crippen molar-refractivity contribution < 1.29 is 9.47 Å². The van der Waals surface area contributed by atoms with Crippen molar-refractivity contribution in [1.29, 1.82) is 0 Å². The summed E-state index contributed by atoms with van der Waals surface area (Å²) in [5.41, 5.74) is 0.884. The van der Waals surface area contributed by atoms with E-state index in [2.05, 4.69) is 15.3 Å². The van der Waals surface area contributed by atoms with Crippen LogP contribution in [0.2, 0.25) is 0 Å². The summed E-state index contributed by atoms with van der Waals surface area (Å²) in [5.74, 6) is 1.19. The van der Waals surface area contributed by atoms with E-state index in [0.717, 1.165) is 12.3 Å². The molecule has 0 bridgehead atoms. The standard InChI is InChI=1S/C12H21N3O2/c1-5-16-7-6-13-12-14-10(4)8-11(15-12)17-9(2)3/h8-9H,5-7H2,1-4H3,(H,13,14,15). The van der Waals surface area contributed by atoms with E-state index < -0.39 is 0 Å². The molecule has 0 saturated carbocycles. The summed E-state index contributed by atoms with van der Waals surface area (Å²) in [5, 5.41) is 3.11. The van der Waals surface area contributed by atoms with Gasteiger partial charge in [0.2, 0.25) is 11.8 Å². The Balaban J connectivity index is 2.56. The first-order valence-electron chi connectivity index (χ1n) is 5.95. The Hall–Kier alpha value is -1.36. The fraction of sp³-hybridized carbons (Fsp3) is 0.667. The van der Waals surface area contributed by atoms with Gasteiger partial charge in [0.15, 0.2) is 0 Å². The number of nitrogens with one attached hydrogen (secondary N) is 1. The van der Waals surface area contributed by atoms with E-state index in [-0.39, 0.29) is 6.10 Å². The van der Waals surface area contributed by atoms with Crippen molar-refractivity contribution in [3.63, 3.8) is 0 Å². The van der Waals surface area contributed by atoms with Crippen LogP contribution in [0.5, 0.6) is 5.88 Å². The number of ether oxygens (including phenoxy) is 2. The highest BCUT2D eigenvalue weighted by molar-refractivity contribution is 5.30. The molecular weight excluding hydrogens is 218 g/mol. The largest absolute Gasteiger partial charge is 0.475 e. The number of anilines is 1. The van der Waals surface area contributed by atoms with Crippen LogP contribution in [0.15, 0.2) is 6.07 Å².